The molecule has 0 fully saturated rings. The lowest BCUT2D eigenvalue weighted by atomic mass is 10.0. The van der Waals surface area contributed by atoms with Gasteiger partial charge in [-0.2, -0.15) is 0 Å². The van der Waals surface area contributed by atoms with Gasteiger partial charge in [-0.25, -0.2) is 9.59 Å². The molecule has 0 aromatic heterocycles. The number of rotatable bonds is 10. The Balaban J connectivity index is 2.69. The molecule has 0 spiro atoms. The number of nitrogens with one attached hydrogen (secondary N) is 2. The number of alkyl carbamates (subject to hydrolysis) is 1. The predicted octanol–water partition coefficient (Wildman–Crippen LogP) is 2.56. The normalized spacial score (nSPS) is 12.6. The molecule has 0 radical (unpaired) electrons. The highest BCUT2D eigenvalue weighted by Gasteiger charge is 2.27. The van der Waals surface area contributed by atoms with Crippen LogP contribution in [0.4, 0.5) is 4.79 Å². The lowest BCUT2D eigenvalue weighted by Crippen LogP contribution is -2.52. The molecule has 2 amide bonds. The molecule has 0 bridgehead atoms. The van der Waals surface area contributed by atoms with Crippen LogP contribution in [0.1, 0.15) is 32.3 Å². The molecule has 1 aromatic carbocycles. The van der Waals surface area contributed by atoms with Crippen LogP contribution in [0.2, 0.25) is 0 Å². The van der Waals surface area contributed by atoms with Gasteiger partial charge < -0.3 is 20.1 Å². The second-order valence-electron chi connectivity index (χ2n) is 6.50. The lowest BCUT2D eigenvalue weighted by molar-refractivity contribution is -0.145. The van der Waals surface area contributed by atoms with Crippen molar-refractivity contribution in [3.8, 4) is 0 Å². The van der Waals surface area contributed by atoms with Crippen LogP contribution in [0.15, 0.2) is 43.0 Å². The smallest absolute Gasteiger partial charge is 0.408 e. The van der Waals surface area contributed by atoms with E-state index in [9.17, 15) is 14.4 Å². The lowest BCUT2D eigenvalue weighted by Gasteiger charge is -2.22. The summed E-state index contributed by atoms with van der Waals surface area (Å²) in [6.45, 7) is 7.53. The summed E-state index contributed by atoms with van der Waals surface area (Å²) >= 11 is 0. The summed E-state index contributed by atoms with van der Waals surface area (Å²) in [5.41, 5.74) is 0.842. The number of carbonyl (C=O) groups is 3. The maximum Gasteiger partial charge on any atom is 0.408 e. The fourth-order valence-corrected chi connectivity index (χ4v) is 2.41. The van der Waals surface area contributed by atoms with Gasteiger partial charge in [-0.1, -0.05) is 50.3 Å². The second-order valence-corrected chi connectivity index (χ2v) is 6.50. The van der Waals surface area contributed by atoms with Gasteiger partial charge in [0.1, 0.15) is 18.7 Å². The van der Waals surface area contributed by atoms with E-state index in [2.05, 4.69) is 21.9 Å². The molecule has 0 aliphatic rings. The Morgan fingerprint density at radius 3 is 2.33 bits per heavy atom. The number of ether oxygens (including phenoxy) is 2. The van der Waals surface area contributed by atoms with Crippen LogP contribution in [0.25, 0.3) is 0 Å². The number of amides is 2. The van der Waals surface area contributed by atoms with Crippen molar-refractivity contribution in [2.45, 2.75) is 45.4 Å². The number of methoxy groups -OCH3 is 1. The Morgan fingerprint density at radius 2 is 1.78 bits per heavy atom. The van der Waals surface area contributed by atoms with E-state index in [4.69, 9.17) is 4.74 Å². The summed E-state index contributed by atoms with van der Waals surface area (Å²) in [5, 5.41) is 5.17. The van der Waals surface area contributed by atoms with Crippen LogP contribution >= 0.6 is 0 Å². The highest BCUT2D eigenvalue weighted by Crippen LogP contribution is 2.08. The number of benzene rings is 1. The Hall–Kier alpha value is -2.83. The van der Waals surface area contributed by atoms with Crippen molar-refractivity contribution in [2.75, 3.05) is 7.11 Å². The third-order valence-electron chi connectivity index (χ3n) is 3.73. The van der Waals surface area contributed by atoms with Crippen LogP contribution < -0.4 is 10.6 Å². The maximum absolute atomic E-state index is 12.6. The van der Waals surface area contributed by atoms with E-state index in [0.717, 1.165) is 5.56 Å². The van der Waals surface area contributed by atoms with Gasteiger partial charge >= 0.3 is 12.1 Å². The number of carbonyl (C=O) groups excluding carboxylic acids is 3. The molecule has 148 valence electrons. The zero-order valence-electron chi connectivity index (χ0n) is 16.1. The first-order valence-electron chi connectivity index (χ1n) is 8.83. The Kier molecular flexibility index (Phi) is 9.64. The molecule has 0 aliphatic carbocycles. The molecule has 0 saturated heterocycles. The van der Waals surface area contributed by atoms with E-state index < -0.39 is 30.1 Å². The van der Waals surface area contributed by atoms with Crippen molar-refractivity contribution in [1.82, 2.24) is 10.6 Å². The van der Waals surface area contributed by atoms with Crippen LogP contribution in [0.5, 0.6) is 0 Å². The minimum absolute atomic E-state index is 0.101. The SMILES string of the molecule is C=CC[C@H](NC(=O)[C@H](CC(C)C)NC(=O)OCc1ccccc1)C(=O)OC. The van der Waals surface area contributed by atoms with Crippen molar-refractivity contribution < 1.29 is 23.9 Å². The number of hydrogen-bond acceptors (Lipinski definition) is 5. The molecule has 27 heavy (non-hydrogen) atoms. The third kappa shape index (κ3) is 8.40. The standard InChI is InChI=1S/C20H28N2O5/c1-5-9-16(19(24)26-4)21-18(23)17(12-14(2)3)22-20(25)27-13-15-10-7-6-8-11-15/h5-8,10-11,14,16-17H,1,9,12-13H2,2-4H3,(H,21,23)(H,22,25)/t16-,17-/m0/s1. The molecule has 0 saturated carbocycles. The Bertz CT molecular complexity index is 631. The maximum atomic E-state index is 12.6. The van der Waals surface area contributed by atoms with E-state index in [1.807, 2.05) is 44.2 Å². The number of hydrogen-bond donors (Lipinski definition) is 2. The predicted molar refractivity (Wildman–Crippen MR) is 102 cm³/mol. The summed E-state index contributed by atoms with van der Waals surface area (Å²) in [4.78, 5) is 36.4. The van der Waals surface area contributed by atoms with Gasteiger partial charge in [0.2, 0.25) is 5.91 Å². The topological polar surface area (TPSA) is 93.7 Å². The zero-order valence-corrected chi connectivity index (χ0v) is 16.1. The van der Waals surface area contributed by atoms with Crippen LogP contribution in [0.3, 0.4) is 0 Å². The van der Waals surface area contributed by atoms with Gasteiger partial charge in [0, 0.05) is 0 Å². The molecular formula is C20H28N2O5. The highest BCUT2D eigenvalue weighted by atomic mass is 16.5. The van der Waals surface area contributed by atoms with E-state index in [-0.39, 0.29) is 18.9 Å². The molecule has 7 nitrogen and oxygen atoms in total. The van der Waals surface area contributed by atoms with Gasteiger partial charge in [-0.05, 0) is 24.3 Å². The zero-order chi connectivity index (χ0) is 20.2. The van der Waals surface area contributed by atoms with Crippen LogP contribution in [-0.4, -0.2) is 37.2 Å². The average molecular weight is 376 g/mol. The first-order valence-corrected chi connectivity index (χ1v) is 8.83. The Morgan fingerprint density at radius 1 is 1.11 bits per heavy atom. The largest absolute Gasteiger partial charge is 0.467 e. The summed E-state index contributed by atoms with van der Waals surface area (Å²) in [5.74, 6) is -0.901. The first kappa shape index (κ1) is 22.2. The molecule has 0 unspecified atom stereocenters. The summed E-state index contributed by atoms with van der Waals surface area (Å²) in [6.07, 6.45) is 1.44. The summed E-state index contributed by atoms with van der Waals surface area (Å²) in [7, 11) is 1.25. The fraction of sp³-hybridized carbons (Fsp3) is 0.450. The van der Waals surface area contributed by atoms with Crippen molar-refractivity contribution in [3.05, 3.63) is 48.6 Å². The van der Waals surface area contributed by atoms with E-state index in [1.54, 1.807) is 0 Å². The highest BCUT2D eigenvalue weighted by molar-refractivity contribution is 5.89. The average Bonchev–Trinajstić information content (AvgIpc) is 2.65. The quantitative estimate of drug-likeness (QED) is 0.483. The van der Waals surface area contributed by atoms with Crippen molar-refractivity contribution in [1.29, 1.82) is 0 Å². The van der Waals surface area contributed by atoms with Crippen molar-refractivity contribution >= 4 is 18.0 Å². The molecule has 0 aliphatic heterocycles. The monoisotopic (exact) mass is 376 g/mol. The molecular weight excluding hydrogens is 348 g/mol. The van der Waals surface area contributed by atoms with Crippen molar-refractivity contribution in [3.63, 3.8) is 0 Å². The Labute approximate surface area is 160 Å². The molecule has 2 N–H and O–H groups in total. The molecule has 1 rings (SSSR count). The van der Waals surface area contributed by atoms with E-state index >= 15 is 0 Å². The third-order valence-corrected chi connectivity index (χ3v) is 3.73. The van der Waals surface area contributed by atoms with Crippen LogP contribution in [0, 0.1) is 5.92 Å². The van der Waals surface area contributed by atoms with Gasteiger partial charge in [-0.15, -0.1) is 6.58 Å². The fourth-order valence-electron chi connectivity index (χ4n) is 2.41. The van der Waals surface area contributed by atoms with Crippen molar-refractivity contribution in [2.24, 2.45) is 5.92 Å². The molecule has 1 aromatic rings. The van der Waals surface area contributed by atoms with Gasteiger partial charge in [0.25, 0.3) is 0 Å². The number of esters is 1. The van der Waals surface area contributed by atoms with Crippen LogP contribution in [-0.2, 0) is 25.7 Å². The second kappa shape index (κ2) is 11.7. The van der Waals surface area contributed by atoms with Gasteiger partial charge in [-0.3, -0.25) is 4.79 Å². The van der Waals surface area contributed by atoms with Gasteiger partial charge in [0.15, 0.2) is 0 Å². The van der Waals surface area contributed by atoms with Gasteiger partial charge in [0.05, 0.1) is 7.11 Å². The van der Waals surface area contributed by atoms with E-state index in [0.29, 0.717) is 6.42 Å². The summed E-state index contributed by atoms with van der Waals surface area (Å²) < 4.78 is 9.86. The summed E-state index contributed by atoms with van der Waals surface area (Å²) in [6, 6.07) is 7.55. The minimum Gasteiger partial charge on any atom is -0.467 e. The molecule has 2 atom stereocenters. The minimum atomic E-state index is -0.850. The first-order chi connectivity index (χ1) is 12.9. The van der Waals surface area contributed by atoms with E-state index in [1.165, 1.54) is 13.2 Å². The molecule has 7 heteroatoms. The molecule has 0 heterocycles.